The van der Waals surface area contributed by atoms with E-state index in [2.05, 4.69) is 20.5 Å². The molecular formula is C23H30N4O4. The molecule has 2 aromatic rings. The number of anilines is 2. The van der Waals surface area contributed by atoms with E-state index in [9.17, 15) is 9.59 Å². The van der Waals surface area contributed by atoms with Gasteiger partial charge in [0.05, 0.1) is 26.1 Å². The molecule has 2 heterocycles. The highest BCUT2D eigenvalue weighted by atomic mass is 16.5. The quantitative estimate of drug-likeness (QED) is 0.674. The Labute approximate surface area is 182 Å². The first-order valence-corrected chi connectivity index (χ1v) is 10.5. The number of carbonyl (C=O) groups is 2. The fraction of sp³-hybridized carbons (Fsp3) is 0.435. The number of hydrogen-bond donors (Lipinski definition) is 2. The lowest BCUT2D eigenvalue weighted by Gasteiger charge is -2.22. The Morgan fingerprint density at radius 3 is 2.19 bits per heavy atom. The minimum absolute atomic E-state index is 0.117. The van der Waals surface area contributed by atoms with E-state index >= 15 is 0 Å². The smallest absolute Gasteiger partial charge is 0.252 e. The molecule has 0 aliphatic carbocycles. The van der Waals surface area contributed by atoms with Gasteiger partial charge in [-0.2, -0.15) is 0 Å². The van der Waals surface area contributed by atoms with Gasteiger partial charge < -0.3 is 25.0 Å². The van der Waals surface area contributed by atoms with Gasteiger partial charge >= 0.3 is 0 Å². The maximum atomic E-state index is 12.9. The molecular weight excluding hydrogens is 396 g/mol. The lowest BCUT2D eigenvalue weighted by Crippen LogP contribution is -2.47. The van der Waals surface area contributed by atoms with Gasteiger partial charge in [0.1, 0.15) is 23.4 Å². The van der Waals surface area contributed by atoms with Crippen molar-refractivity contribution in [1.82, 2.24) is 10.3 Å². The van der Waals surface area contributed by atoms with Gasteiger partial charge in [-0.1, -0.05) is 13.8 Å². The summed E-state index contributed by atoms with van der Waals surface area (Å²) >= 11 is 0. The van der Waals surface area contributed by atoms with Crippen LogP contribution in [0.2, 0.25) is 0 Å². The van der Waals surface area contributed by atoms with E-state index in [0.29, 0.717) is 22.7 Å². The average molecular weight is 427 g/mol. The normalized spacial score (nSPS) is 14.3. The predicted octanol–water partition coefficient (Wildman–Crippen LogP) is 3.09. The second-order valence-electron chi connectivity index (χ2n) is 7.88. The first-order chi connectivity index (χ1) is 14.9. The maximum Gasteiger partial charge on any atom is 0.252 e. The second-order valence-corrected chi connectivity index (χ2v) is 7.88. The molecule has 0 spiro atoms. The molecule has 2 amide bonds. The third kappa shape index (κ3) is 5.65. The first-order valence-electron chi connectivity index (χ1n) is 10.5. The van der Waals surface area contributed by atoms with Crippen LogP contribution >= 0.6 is 0 Å². The third-order valence-corrected chi connectivity index (χ3v) is 5.29. The van der Waals surface area contributed by atoms with Crippen LogP contribution in [-0.2, 0) is 4.79 Å². The van der Waals surface area contributed by atoms with Crippen LogP contribution in [0.4, 0.5) is 11.5 Å². The van der Waals surface area contributed by atoms with Crippen molar-refractivity contribution in [3.63, 3.8) is 0 Å². The van der Waals surface area contributed by atoms with Crippen molar-refractivity contribution in [2.75, 3.05) is 37.5 Å². The number of nitrogens with zero attached hydrogens (tertiary/aromatic N) is 2. The Morgan fingerprint density at radius 1 is 1.03 bits per heavy atom. The zero-order valence-electron chi connectivity index (χ0n) is 18.5. The largest absolute Gasteiger partial charge is 0.497 e. The summed E-state index contributed by atoms with van der Waals surface area (Å²) in [6.45, 7) is 5.78. The van der Waals surface area contributed by atoms with E-state index in [4.69, 9.17) is 9.47 Å². The summed E-state index contributed by atoms with van der Waals surface area (Å²) in [5.74, 6) is 1.12. The van der Waals surface area contributed by atoms with Gasteiger partial charge in [-0.25, -0.2) is 4.98 Å². The van der Waals surface area contributed by atoms with E-state index < -0.39 is 6.04 Å². The molecule has 8 nitrogen and oxygen atoms in total. The molecule has 1 atom stereocenters. The van der Waals surface area contributed by atoms with Crippen LogP contribution in [-0.4, -0.2) is 50.1 Å². The van der Waals surface area contributed by atoms with Crippen molar-refractivity contribution < 1.29 is 19.1 Å². The summed E-state index contributed by atoms with van der Waals surface area (Å²) in [6.07, 6.45) is 4.00. The highest BCUT2D eigenvalue weighted by Gasteiger charge is 2.25. The zero-order chi connectivity index (χ0) is 22.4. The molecule has 1 saturated heterocycles. The summed E-state index contributed by atoms with van der Waals surface area (Å²) in [5.41, 5.74) is 0.946. The van der Waals surface area contributed by atoms with Gasteiger partial charge in [-0.05, 0) is 43.0 Å². The van der Waals surface area contributed by atoms with Gasteiger partial charge in [-0.15, -0.1) is 0 Å². The number of ether oxygens (including phenoxy) is 2. The number of hydrogen-bond acceptors (Lipinski definition) is 6. The van der Waals surface area contributed by atoms with Crippen molar-refractivity contribution in [2.24, 2.45) is 5.92 Å². The number of amides is 2. The molecule has 0 radical (unpaired) electrons. The zero-order valence-corrected chi connectivity index (χ0v) is 18.5. The van der Waals surface area contributed by atoms with E-state index in [0.717, 1.165) is 18.9 Å². The molecule has 3 rings (SSSR count). The Hall–Kier alpha value is -3.29. The van der Waals surface area contributed by atoms with Crippen LogP contribution in [0.15, 0.2) is 36.5 Å². The van der Waals surface area contributed by atoms with E-state index in [1.165, 1.54) is 27.1 Å². The molecule has 8 heteroatoms. The molecule has 0 bridgehead atoms. The molecule has 0 saturated carbocycles. The van der Waals surface area contributed by atoms with Crippen molar-refractivity contribution in [2.45, 2.75) is 32.7 Å². The summed E-state index contributed by atoms with van der Waals surface area (Å²) in [7, 11) is 3.04. The fourth-order valence-corrected chi connectivity index (χ4v) is 3.51. The van der Waals surface area contributed by atoms with Crippen LogP contribution in [0.5, 0.6) is 11.5 Å². The van der Waals surface area contributed by atoms with Crippen LogP contribution in [0.3, 0.4) is 0 Å². The lowest BCUT2D eigenvalue weighted by atomic mass is 10.0. The first kappa shape index (κ1) is 22.4. The van der Waals surface area contributed by atoms with Gasteiger partial charge in [0, 0.05) is 24.7 Å². The monoisotopic (exact) mass is 426 g/mol. The Morgan fingerprint density at radius 2 is 1.68 bits per heavy atom. The Balaban J connectivity index is 1.68. The maximum absolute atomic E-state index is 12.9. The van der Waals surface area contributed by atoms with Gasteiger partial charge in [-0.3, -0.25) is 9.59 Å². The SMILES string of the molecule is COc1cc(OC)cc(C(=O)N[C@H](C(=O)Nc2ccc(N3CCCC3)nc2)C(C)C)c1. The number of benzene rings is 1. The van der Waals surface area contributed by atoms with Crippen molar-refractivity contribution in [3.05, 3.63) is 42.1 Å². The van der Waals surface area contributed by atoms with Crippen LogP contribution in [0.25, 0.3) is 0 Å². The summed E-state index contributed by atoms with van der Waals surface area (Å²) in [6, 6.07) is 7.92. The standard InChI is InChI=1S/C23H30N4O4/c1-15(2)21(26-22(28)16-11-18(30-3)13-19(12-16)31-4)23(29)25-17-7-8-20(24-14-17)27-9-5-6-10-27/h7-8,11-15,21H,5-6,9-10H2,1-4H3,(H,25,29)(H,26,28)/t21-/m0/s1. The number of rotatable bonds is 8. The molecule has 1 fully saturated rings. The number of nitrogens with one attached hydrogen (secondary N) is 2. The highest BCUT2D eigenvalue weighted by Crippen LogP contribution is 2.23. The van der Waals surface area contributed by atoms with Crippen molar-refractivity contribution in [1.29, 1.82) is 0 Å². The lowest BCUT2D eigenvalue weighted by molar-refractivity contribution is -0.118. The molecule has 1 aromatic carbocycles. The molecule has 2 N–H and O–H groups in total. The molecule has 31 heavy (non-hydrogen) atoms. The number of aromatic nitrogens is 1. The van der Waals surface area contributed by atoms with Crippen molar-refractivity contribution >= 4 is 23.3 Å². The third-order valence-electron chi connectivity index (χ3n) is 5.29. The molecule has 1 aromatic heterocycles. The molecule has 0 unspecified atom stereocenters. The van der Waals surface area contributed by atoms with Crippen LogP contribution in [0.1, 0.15) is 37.0 Å². The predicted molar refractivity (Wildman–Crippen MR) is 120 cm³/mol. The van der Waals surface area contributed by atoms with Gasteiger partial charge in [0.2, 0.25) is 5.91 Å². The van der Waals surface area contributed by atoms with Crippen LogP contribution in [0, 0.1) is 5.92 Å². The molecule has 166 valence electrons. The minimum atomic E-state index is -0.719. The highest BCUT2D eigenvalue weighted by molar-refractivity contribution is 6.01. The summed E-state index contributed by atoms with van der Waals surface area (Å²) < 4.78 is 10.4. The molecule has 1 aliphatic heterocycles. The van der Waals surface area contributed by atoms with E-state index in [-0.39, 0.29) is 17.7 Å². The topological polar surface area (TPSA) is 92.8 Å². The minimum Gasteiger partial charge on any atom is -0.497 e. The van der Waals surface area contributed by atoms with Gasteiger partial charge in [0.25, 0.3) is 5.91 Å². The van der Waals surface area contributed by atoms with E-state index in [1.807, 2.05) is 26.0 Å². The number of pyridine rings is 1. The van der Waals surface area contributed by atoms with Crippen molar-refractivity contribution in [3.8, 4) is 11.5 Å². The number of methoxy groups -OCH3 is 2. The fourth-order valence-electron chi connectivity index (χ4n) is 3.51. The van der Waals surface area contributed by atoms with Gasteiger partial charge in [0.15, 0.2) is 0 Å². The Kier molecular flexibility index (Phi) is 7.33. The Bertz CT molecular complexity index is 886. The van der Waals surface area contributed by atoms with E-state index in [1.54, 1.807) is 24.4 Å². The summed E-state index contributed by atoms with van der Waals surface area (Å²) in [4.78, 5) is 32.4. The average Bonchev–Trinajstić information content (AvgIpc) is 3.32. The van der Waals surface area contributed by atoms with Crippen LogP contribution < -0.4 is 25.0 Å². The summed E-state index contributed by atoms with van der Waals surface area (Å²) in [5, 5.41) is 5.68. The number of carbonyl (C=O) groups excluding carboxylic acids is 2. The second kappa shape index (κ2) is 10.1. The molecule has 1 aliphatic rings.